The normalized spacial score (nSPS) is 15.4. The van der Waals surface area contributed by atoms with Crippen LogP contribution in [-0.2, 0) is 9.53 Å². The van der Waals surface area contributed by atoms with Gasteiger partial charge in [-0.05, 0) is 40.2 Å². The molecule has 0 amide bonds. The van der Waals surface area contributed by atoms with Crippen molar-refractivity contribution in [2.24, 2.45) is 0 Å². The van der Waals surface area contributed by atoms with Crippen molar-refractivity contribution in [1.29, 1.82) is 0 Å². The van der Waals surface area contributed by atoms with Gasteiger partial charge in [0.1, 0.15) is 11.8 Å². The summed E-state index contributed by atoms with van der Waals surface area (Å²) in [5.41, 5.74) is -0.137. The molecule has 1 atom stereocenters. The maximum absolute atomic E-state index is 12.6. The van der Waals surface area contributed by atoms with E-state index < -0.39 is 17.7 Å². The van der Waals surface area contributed by atoms with Crippen molar-refractivity contribution in [3.05, 3.63) is 11.6 Å². The van der Waals surface area contributed by atoms with Gasteiger partial charge >= 0.3 is 5.97 Å². The van der Waals surface area contributed by atoms with Crippen LogP contribution in [0.3, 0.4) is 0 Å². The van der Waals surface area contributed by atoms with Crippen LogP contribution in [0.4, 0.5) is 4.39 Å². The van der Waals surface area contributed by atoms with E-state index in [1.54, 1.807) is 27.7 Å². The second-order valence-electron chi connectivity index (χ2n) is 4.04. The Morgan fingerprint density at radius 3 is 2.23 bits per heavy atom. The molecule has 0 heterocycles. The summed E-state index contributed by atoms with van der Waals surface area (Å²) in [6, 6.07) is 0. The van der Waals surface area contributed by atoms with Gasteiger partial charge in [-0.15, -0.1) is 0 Å². The molecule has 0 bridgehead atoms. The number of carbonyl (C=O) groups is 1. The molecule has 76 valence electrons. The van der Waals surface area contributed by atoms with E-state index in [1.165, 1.54) is 13.0 Å². The van der Waals surface area contributed by atoms with E-state index >= 15 is 0 Å². The van der Waals surface area contributed by atoms with Gasteiger partial charge in [-0.3, -0.25) is 0 Å². The fourth-order valence-electron chi connectivity index (χ4n) is 0.632. The third-order valence-electron chi connectivity index (χ3n) is 1.38. The summed E-state index contributed by atoms with van der Waals surface area (Å²) in [6.07, 6.45) is 0.0862. The Kier molecular flexibility index (Phi) is 4.11. The van der Waals surface area contributed by atoms with Crippen LogP contribution < -0.4 is 0 Å². The number of alkyl halides is 1. The average molecular weight is 188 g/mol. The summed E-state index contributed by atoms with van der Waals surface area (Å²) in [4.78, 5) is 11.1. The molecule has 0 aliphatic heterocycles. The van der Waals surface area contributed by atoms with E-state index in [4.69, 9.17) is 4.74 Å². The van der Waals surface area contributed by atoms with Crippen molar-refractivity contribution in [3.8, 4) is 0 Å². The van der Waals surface area contributed by atoms with E-state index in [0.29, 0.717) is 5.57 Å². The van der Waals surface area contributed by atoms with Gasteiger partial charge in [0.05, 0.1) is 0 Å². The quantitative estimate of drug-likeness (QED) is 0.492. The molecule has 0 aliphatic carbocycles. The Hall–Kier alpha value is -0.860. The molecule has 0 aromatic carbocycles. The van der Waals surface area contributed by atoms with Crippen molar-refractivity contribution < 1.29 is 13.9 Å². The second kappa shape index (κ2) is 4.40. The minimum Gasteiger partial charge on any atom is -0.457 e. The van der Waals surface area contributed by atoms with Crippen LogP contribution in [-0.4, -0.2) is 17.7 Å². The molecule has 0 fully saturated rings. The number of esters is 1. The molecule has 0 radical (unpaired) electrons. The Balaban J connectivity index is 4.24. The second-order valence-corrected chi connectivity index (χ2v) is 4.04. The number of halogens is 1. The molecule has 0 spiro atoms. The largest absolute Gasteiger partial charge is 0.457 e. The van der Waals surface area contributed by atoms with Gasteiger partial charge in [-0.1, -0.05) is 0 Å². The number of carbonyl (C=O) groups excluding carboxylic acids is 1. The van der Waals surface area contributed by atoms with Crippen LogP contribution in [0.2, 0.25) is 0 Å². The third-order valence-corrected chi connectivity index (χ3v) is 1.38. The summed E-state index contributed by atoms with van der Waals surface area (Å²) in [5, 5.41) is 0. The SMILES string of the molecule is C/C(=C\C(=O)OC(C)(C)C)C(C)F. The predicted molar refractivity (Wildman–Crippen MR) is 50.2 cm³/mol. The zero-order chi connectivity index (χ0) is 10.6. The standard InChI is InChI=1S/C10H17FO2/c1-7(8(2)11)6-9(12)13-10(3,4)5/h6,8H,1-5H3/b7-6+. The maximum atomic E-state index is 12.6. The molecule has 0 saturated carbocycles. The number of hydrogen-bond donors (Lipinski definition) is 0. The number of allylic oxidation sites excluding steroid dienone is 1. The molecule has 0 aliphatic rings. The smallest absolute Gasteiger partial charge is 0.331 e. The van der Waals surface area contributed by atoms with Crippen LogP contribution in [0.25, 0.3) is 0 Å². The minimum atomic E-state index is -1.10. The topological polar surface area (TPSA) is 26.3 Å². The molecule has 0 saturated heterocycles. The number of hydrogen-bond acceptors (Lipinski definition) is 2. The predicted octanol–water partition coefficient (Wildman–Crippen LogP) is 2.63. The lowest BCUT2D eigenvalue weighted by Gasteiger charge is -2.18. The molecule has 13 heavy (non-hydrogen) atoms. The van der Waals surface area contributed by atoms with Gasteiger partial charge in [0.2, 0.25) is 0 Å². The summed E-state index contributed by atoms with van der Waals surface area (Å²) in [5.74, 6) is -0.491. The first-order valence-electron chi connectivity index (χ1n) is 4.27. The summed E-state index contributed by atoms with van der Waals surface area (Å²) >= 11 is 0. The number of rotatable bonds is 2. The van der Waals surface area contributed by atoms with Crippen LogP contribution in [0.1, 0.15) is 34.6 Å². The third kappa shape index (κ3) is 6.31. The van der Waals surface area contributed by atoms with E-state index in [0.717, 1.165) is 0 Å². The van der Waals surface area contributed by atoms with Crippen LogP contribution in [0.15, 0.2) is 11.6 Å². The highest BCUT2D eigenvalue weighted by Gasteiger charge is 2.15. The van der Waals surface area contributed by atoms with Gasteiger partial charge in [-0.2, -0.15) is 0 Å². The molecule has 2 nitrogen and oxygen atoms in total. The van der Waals surface area contributed by atoms with Crippen molar-refractivity contribution in [2.75, 3.05) is 0 Å². The van der Waals surface area contributed by atoms with E-state index in [-0.39, 0.29) is 0 Å². The van der Waals surface area contributed by atoms with Crippen molar-refractivity contribution in [3.63, 3.8) is 0 Å². The highest BCUT2D eigenvalue weighted by molar-refractivity contribution is 5.83. The summed E-state index contributed by atoms with van der Waals surface area (Å²) < 4.78 is 17.6. The number of ether oxygens (including phenoxy) is 1. The van der Waals surface area contributed by atoms with Crippen molar-refractivity contribution in [1.82, 2.24) is 0 Å². The zero-order valence-electron chi connectivity index (χ0n) is 8.85. The maximum Gasteiger partial charge on any atom is 0.331 e. The lowest BCUT2D eigenvalue weighted by molar-refractivity contribution is -0.148. The van der Waals surface area contributed by atoms with Gasteiger partial charge in [0.15, 0.2) is 0 Å². The zero-order valence-corrected chi connectivity index (χ0v) is 8.85. The Labute approximate surface area is 78.8 Å². The van der Waals surface area contributed by atoms with Crippen molar-refractivity contribution in [2.45, 2.75) is 46.4 Å². The average Bonchev–Trinajstić information content (AvgIpc) is 1.81. The molecular formula is C10H17FO2. The van der Waals surface area contributed by atoms with E-state index in [2.05, 4.69) is 0 Å². The molecule has 0 N–H and O–H groups in total. The van der Waals surface area contributed by atoms with Crippen LogP contribution in [0, 0.1) is 0 Å². The van der Waals surface area contributed by atoms with Gasteiger partial charge < -0.3 is 4.74 Å². The molecular weight excluding hydrogens is 171 g/mol. The highest BCUT2D eigenvalue weighted by Crippen LogP contribution is 2.10. The Bertz CT molecular complexity index is 211. The fraction of sp³-hybridized carbons (Fsp3) is 0.700. The lowest BCUT2D eigenvalue weighted by atomic mass is 10.2. The minimum absolute atomic E-state index is 0.384. The molecule has 0 aromatic heterocycles. The van der Waals surface area contributed by atoms with Gasteiger partial charge in [0.25, 0.3) is 0 Å². The Morgan fingerprint density at radius 2 is 1.92 bits per heavy atom. The first-order valence-corrected chi connectivity index (χ1v) is 4.27. The van der Waals surface area contributed by atoms with Crippen LogP contribution >= 0.6 is 0 Å². The van der Waals surface area contributed by atoms with Gasteiger partial charge in [0, 0.05) is 6.08 Å². The van der Waals surface area contributed by atoms with Crippen molar-refractivity contribution >= 4 is 5.97 Å². The van der Waals surface area contributed by atoms with E-state index in [1.807, 2.05) is 0 Å². The first kappa shape index (κ1) is 12.1. The summed E-state index contributed by atoms with van der Waals surface area (Å²) in [6.45, 7) is 8.26. The van der Waals surface area contributed by atoms with Gasteiger partial charge in [-0.25, -0.2) is 9.18 Å². The molecule has 0 aromatic rings. The molecule has 1 unspecified atom stereocenters. The highest BCUT2D eigenvalue weighted by atomic mass is 19.1. The monoisotopic (exact) mass is 188 g/mol. The van der Waals surface area contributed by atoms with E-state index in [9.17, 15) is 9.18 Å². The van der Waals surface area contributed by atoms with Crippen LogP contribution in [0.5, 0.6) is 0 Å². The first-order chi connectivity index (χ1) is 5.72. The summed E-state index contributed by atoms with van der Waals surface area (Å²) in [7, 11) is 0. The molecule has 3 heteroatoms. The fourth-order valence-corrected chi connectivity index (χ4v) is 0.632. The molecule has 0 rings (SSSR count). The Morgan fingerprint density at radius 1 is 1.46 bits per heavy atom. The lowest BCUT2D eigenvalue weighted by Crippen LogP contribution is -2.23.